The monoisotopic (exact) mass is 322 g/mol. The molecule has 8 heteroatoms. The van der Waals surface area contributed by atoms with Gasteiger partial charge in [-0.3, -0.25) is 4.79 Å². The summed E-state index contributed by atoms with van der Waals surface area (Å²) >= 11 is 0. The lowest BCUT2D eigenvalue weighted by molar-refractivity contribution is 0.0987. The third kappa shape index (κ3) is 2.24. The van der Waals surface area contributed by atoms with Crippen molar-refractivity contribution in [3.05, 3.63) is 42.1 Å². The maximum Gasteiger partial charge on any atom is 0.284 e. The second kappa shape index (κ2) is 5.05. The molecule has 8 nitrogen and oxygen atoms in total. The molecular formula is C16H14N6O2. The van der Waals surface area contributed by atoms with Gasteiger partial charge in [-0.05, 0) is 25.1 Å². The van der Waals surface area contributed by atoms with Gasteiger partial charge in [0.2, 0.25) is 0 Å². The molecule has 3 N–H and O–H groups in total. The third-order valence-corrected chi connectivity index (χ3v) is 3.77. The van der Waals surface area contributed by atoms with Gasteiger partial charge in [0.1, 0.15) is 5.69 Å². The molecule has 0 aliphatic rings. The Bertz CT molecular complexity index is 1070. The molecule has 1 amide bonds. The molecule has 0 saturated heterocycles. The number of carbonyl (C=O) groups is 1. The number of nitrogens with one attached hydrogen (secondary N) is 1. The van der Waals surface area contributed by atoms with Crippen molar-refractivity contribution < 1.29 is 9.32 Å². The highest BCUT2D eigenvalue weighted by Gasteiger charge is 2.14. The fourth-order valence-electron chi connectivity index (χ4n) is 2.65. The third-order valence-electron chi connectivity index (χ3n) is 3.77. The van der Waals surface area contributed by atoms with Gasteiger partial charge in [-0.15, -0.1) is 0 Å². The Hall–Kier alpha value is -3.42. The van der Waals surface area contributed by atoms with Gasteiger partial charge >= 0.3 is 0 Å². The van der Waals surface area contributed by atoms with Crippen LogP contribution in [-0.4, -0.2) is 30.6 Å². The molecule has 0 spiro atoms. The molecule has 0 aliphatic heterocycles. The standard InChI is InChI=1S/C16H14N6O2/c1-8-18-16(24-21-8)12-6-10-5-9(3-4-11(10)19-12)13-7-22(2)15(20-13)14(17)23/h3-7,19H,1-2H3,(H2,17,23). The molecule has 3 heterocycles. The number of hydrogen-bond donors (Lipinski definition) is 2. The fourth-order valence-corrected chi connectivity index (χ4v) is 2.65. The van der Waals surface area contributed by atoms with E-state index in [1.807, 2.05) is 24.3 Å². The van der Waals surface area contributed by atoms with Crippen molar-refractivity contribution >= 4 is 16.8 Å². The predicted octanol–water partition coefficient (Wildman–Crippen LogP) is 2.03. The Balaban J connectivity index is 1.78. The number of amides is 1. The number of rotatable bonds is 3. The molecule has 3 aromatic heterocycles. The minimum Gasteiger partial charge on any atom is -0.363 e. The first-order valence-corrected chi connectivity index (χ1v) is 7.28. The number of benzene rings is 1. The maximum absolute atomic E-state index is 11.4. The van der Waals surface area contributed by atoms with Crippen LogP contribution in [0.1, 0.15) is 16.4 Å². The van der Waals surface area contributed by atoms with Crippen molar-refractivity contribution in [3.63, 3.8) is 0 Å². The van der Waals surface area contributed by atoms with Gasteiger partial charge in [0.25, 0.3) is 11.8 Å². The summed E-state index contributed by atoms with van der Waals surface area (Å²) in [5.74, 6) is 0.692. The van der Waals surface area contributed by atoms with Crippen molar-refractivity contribution in [3.8, 4) is 22.8 Å². The van der Waals surface area contributed by atoms with Crippen molar-refractivity contribution in [1.29, 1.82) is 0 Å². The highest BCUT2D eigenvalue weighted by Crippen LogP contribution is 2.27. The van der Waals surface area contributed by atoms with Gasteiger partial charge < -0.3 is 19.8 Å². The second-order valence-corrected chi connectivity index (χ2v) is 5.56. The first-order chi connectivity index (χ1) is 11.5. The van der Waals surface area contributed by atoms with Crippen LogP contribution in [0, 0.1) is 6.92 Å². The van der Waals surface area contributed by atoms with E-state index in [4.69, 9.17) is 10.3 Å². The number of hydrogen-bond acceptors (Lipinski definition) is 5. The average Bonchev–Trinajstić information content (AvgIpc) is 3.23. The number of fused-ring (bicyclic) bond motifs is 1. The Labute approximate surface area is 136 Å². The molecule has 0 unspecified atom stereocenters. The van der Waals surface area contributed by atoms with Gasteiger partial charge in [0.15, 0.2) is 11.6 Å². The zero-order valence-electron chi connectivity index (χ0n) is 13.1. The summed E-state index contributed by atoms with van der Waals surface area (Å²) in [5, 5.41) is 4.77. The number of H-pyrrole nitrogens is 1. The van der Waals surface area contributed by atoms with E-state index in [9.17, 15) is 4.79 Å². The zero-order valence-corrected chi connectivity index (χ0v) is 13.1. The molecule has 0 fully saturated rings. The normalized spacial score (nSPS) is 11.2. The lowest BCUT2D eigenvalue weighted by Crippen LogP contribution is -2.16. The van der Waals surface area contributed by atoms with E-state index >= 15 is 0 Å². The predicted molar refractivity (Wildman–Crippen MR) is 87.0 cm³/mol. The Kier molecular flexibility index (Phi) is 2.99. The van der Waals surface area contributed by atoms with Crippen LogP contribution in [-0.2, 0) is 7.05 Å². The van der Waals surface area contributed by atoms with Crippen LogP contribution in [0.5, 0.6) is 0 Å². The largest absolute Gasteiger partial charge is 0.363 e. The minimum absolute atomic E-state index is 0.223. The number of primary amides is 1. The van der Waals surface area contributed by atoms with E-state index in [1.165, 1.54) is 0 Å². The first kappa shape index (κ1) is 14.2. The molecule has 120 valence electrons. The van der Waals surface area contributed by atoms with Crippen molar-refractivity contribution in [2.24, 2.45) is 12.8 Å². The molecule has 0 radical (unpaired) electrons. The van der Waals surface area contributed by atoms with E-state index < -0.39 is 5.91 Å². The summed E-state index contributed by atoms with van der Waals surface area (Å²) in [6, 6.07) is 7.78. The summed E-state index contributed by atoms with van der Waals surface area (Å²) in [7, 11) is 1.74. The fraction of sp³-hybridized carbons (Fsp3) is 0.125. The zero-order chi connectivity index (χ0) is 16.8. The Morgan fingerprint density at radius 1 is 1.29 bits per heavy atom. The summed E-state index contributed by atoms with van der Waals surface area (Å²) in [5.41, 5.74) is 8.58. The van der Waals surface area contributed by atoms with Crippen molar-refractivity contribution in [2.45, 2.75) is 6.92 Å². The summed E-state index contributed by atoms with van der Waals surface area (Å²) in [6.07, 6.45) is 1.77. The molecule has 1 aromatic carbocycles. The average molecular weight is 322 g/mol. The van der Waals surface area contributed by atoms with Crippen LogP contribution in [0.3, 0.4) is 0 Å². The van der Waals surface area contributed by atoms with E-state index in [1.54, 1.807) is 24.7 Å². The van der Waals surface area contributed by atoms with E-state index in [0.717, 1.165) is 22.2 Å². The molecular weight excluding hydrogens is 308 g/mol. The van der Waals surface area contributed by atoms with Gasteiger partial charge in [0, 0.05) is 29.7 Å². The number of nitrogens with zero attached hydrogens (tertiary/aromatic N) is 4. The van der Waals surface area contributed by atoms with E-state index in [-0.39, 0.29) is 5.82 Å². The van der Waals surface area contributed by atoms with Gasteiger partial charge in [-0.25, -0.2) is 4.98 Å². The van der Waals surface area contributed by atoms with E-state index in [2.05, 4.69) is 20.1 Å². The van der Waals surface area contributed by atoms with Gasteiger partial charge in [0.05, 0.1) is 5.69 Å². The summed E-state index contributed by atoms with van der Waals surface area (Å²) in [6.45, 7) is 1.77. The highest BCUT2D eigenvalue weighted by atomic mass is 16.5. The SMILES string of the molecule is Cc1noc(-c2cc3cc(-c4cn(C)c(C(N)=O)n4)ccc3[nH]2)n1. The minimum atomic E-state index is -0.555. The number of aromatic amines is 1. The topological polar surface area (TPSA) is 116 Å². The molecule has 0 aliphatic carbocycles. The van der Waals surface area contributed by atoms with Crippen molar-refractivity contribution in [1.82, 2.24) is 24.7 Å². The Morgan fingerprint density at radius 3 is 2.79 bits per heavy atom. The number of imidazole rings is 1. The van der Waals surface area contributed by atoms with Gasteiger partial charge in [-0.1, -0.05) is 11.2 Å². The van der Waals surface area contributed by atoms with E-state index in [0.29, 0.717) is 17.4 Å². The second-order valence-electron chi connectivity index (χ2n) is 5.56. The Morgan fingerprint density at radius 2 is 2.12 bits per heavy atom. The van der Waals surface area contributed by atoms with Crippen LogP contribution in [0.2, 0.25) is 0 Å². The van der Waals surface area contributed by atoms with Crippen LogP contribution >= 0.6 is 0 Å². The highest BCUT2D eigenvalue weighted by molar-refractivity contribution is 5.91. The maximum atomic E-state index is 11.4. The molecule has 0 bridgehead atoms. The number of aryl methyl sites for hydroxylation is 2. The van der Waals surface area contributed by atoms with Crippen molar-refractivity contribution in [2.75, 3.05) is 0 Å². The van der Waals surface area contributed by atoms with Gasteiger partial charge in [-0.2, -0.15) is 4.98 Å². The number of nitrogens with two attached hydrogens (primary N) is 1. The smallest absolute Gasteiger partial charge is 0.284 e. The summed E-state index contributed by atoms with van der Waals surface area (Å²) in [4.78, 5) is 23.1. The molecule has 0 atom stereocenters. The lowest BCUT2D eigenvalue weighted by atomic mass is 10.1. The molecule has 4 aromatic rings. The summed E-state index contributed by atoms with van der Waals surface area (Å²) < 4.78 is 6.80. The van der Waals surface area contributed by atoms with Crippen LogP contribution in [0.4, 0.5) is 0 Å². The molecule has 0 saturated carbocycles. The quantitative estimate of drug-likeness (QED) is 0.598. The van der Waals surface area contributed by atoms with Crippen LogP contribution < -0.4 is 5.73 Å². The number of aromatic nitrogens is 5. The lowest BCUT2D eigenvalue weighted by Gasteiger charge is -1.96. The molecule has 4 rings (SSSR count). The molecule has 24 heavy (non-hydrogen) atoms. The van der Waals surface area contributed by atoms with Crippen LogP contribution in [0.25, 0.3) is 33.7 Å². The number of carbonyl (C=O) groups excluding carboxylic acids is 1. The first-order valence-electron chi connectivity index (χ1n) is 7.28. The van der Waals surface area contributed by atoms with Crippen LogP contribution in [0.15, 0.2) is 35.0 Å².